The summed E-state index contributed by atoms with van der Waals surface area (Å²) >= 11 is 3.40. The summed E-state index contributed by atoms with van der Waals surface area (Å²) in [5.74, 6) is 0.977. The van der Waals surface area contributed by atoms with Gasteiger partial charge in [-0.2, -0.15) is 0 Å². The summed E-state index contributed by atoms with van der Waals surface area (Å²) in [5, 5.41) is 0. The van der Waals surface area contributed by atoms with E-state index in [1.165, 1.54) is 6.42 Å². The molecule has 1 amide bonds. The third-order valence-electron chi connectivity index (χ3n) is 3.30. The standard InChI is InChI=1S/C14H18BrNO2/c1-18-13-10-12(15)6-5-11(13)9-14(17)16-7-3-2-4-8-16/h5-6,10H,2-4,7-9H2,1H3. The highest BCUT2D eigenvalue weighted by Gasteiger charge is 2.18. The Morgan fingerprint density at radius 3 is 2.72 bits per heavy atom. The number of hydrogen-bond donors (Lipinski definition) is 0. The Balaban J connectivity index is 2.06. The summed E-state index contributed by atoms with van der Waals surface area (Å²) in [6.45, 7) is 1.80. The average Bonchev–Trinajstić information content (AvgIpc) is 2.41. The second-order valence-electron chi connectivity index (χ2n) is 4.57. The van der Waals surface area contributed by atoms with Crippen LogP contribution >= 0.6 is 15.9 Å². The molecule has 0 atom stereocenters. The number of nitrogens with zero attached hydrogens (tertiary/aromatic N) is 1. The lowest BCUT2D eigenvalue weighted by Gasteiger charge is -2.27. The molecule has 18 heavy (non-hydrogen) atoms. The van der Waals surface area contributed by atoms with E-state index in [-0.39, 0.29) is 5.91 Å². The van der Waals surface area contributed by atoms with Crippen LogP contribution in [0.2, 0.25) is 0 Å². The van der Waals surface area contributed by atoms with E-state index < -0.39 is 0 Å². The summed E-state index contributed by atoms with van der Waals surface area (Å²) in [4.78, 5) is 14.1. The molecule has 3 nitrogen and oxygen atoms in total. The van der Waals surface area contributed by atoms with Crippen LogP contribution in [0, 0.1) is 0 Å². The maximum absolute atomic E-state index is 12.2. The van der Waals surface area contributed by atoms with Crippen molar-refractivity contribution in [1.29, 1.82) is 0 Å². The zero-order valence-electron chi connectivity index (χ0n) is 10.6. The molecule has 98 valence electrons. The van der Waals surface area contributed by atoms with Gasteiger partial charge < -0.3 is 9.64 Å². The SMILES string of the molecule is COc1cc(Br)ccc1CC(=O)N1CCCCC1. The van der Waals surface area contributed by atoms with Crippen LogP contribution in [0.15, 0.2) is 22.7 Å². The van der Waals surface area contributed by atoms with Gasteiger partial charge in [0, 0.05) is 23.1 Å². The molecule has 0 N–H and O–H groups in total. The van der Waals surface area contributed by atoms with Crippen molar-refractivity contribution in [3.63, 3.8) is 0 Å². The summed E-state index contributed by atoms with van der Waals surface area (Å²) in [7, 11) is 1.64. The maximum Gasteiger partial charge on any atom is 0.227 e. The Bertz CT molecular complexity index is 428. The van der Waals surface area contributed by atoms with Gasteiger partial charge in [-0.25, -0.2) is 0 Å². The lowest BCUT2D eigenvalue weighted by Crippen LogP contribution is -2.36. The number of rotatable bonds is 3. The minimum absolute atomic E-state index is 0.204. The molecule has 0 bridgehead atoms. The molecular formula is C14H18BrNO2. The van der Waals surface area contributed by atoms with E-state index in [2.05, 4.69) is 15.9 Å². The first kappa shape index (κ1) is 13.4. The van der Waals surface area contributed by atoms with Gasteiger partial charge in [0.2, 0.25) is 5.91 Å². The fraction of sp³-hybridized carbons (Fsp3) is 0.500. The van der Waals surface area contributed by atoms with E-state index >= 15 is 0 Å². The maximum atomic E-state index is 12.2. The number of amides is 1. The Labute approximate surface area is 116 Å². The quantitative estimate of drug-likeness (QED) is 0.859. The predicted molar refractivity (Wildman–Crippen MR) is 74.8 cm³/mol. The van der Waals surface area contributed by atoms with Crippen LogP contribution in [0.3, 0.4) is 0 Å². The number of carbonyl (C=O) groups excluding carboxylic acids is 1. The van der Waals surface area contributed by atoms with Gasteiger partial charge in [0.25, 0.3) is 0 Å². The number of piperidine rings is 1. The number of hydrogen-bond acceptors (Lipinski definition) is 2. The highest BCUT2D eigenvalue weighted by molar-refractivity contribution is 9.10. The zero-order chi connectivity index (χ0) is 13.0. The van der Waals surface area contributed by atoms with E-state index in [4.69, 9.17) is 4.74 Å². The molecule has 0 radical (unpaired) electrons. The minimum Gasteiger partial charge on any atom is -0.496 e. The molecule has 4 heteroatoms. The third-order valence-corrected chi connectivity index (χ3v) is 3.79. The number of carbonyl (C=O) groups is 1. The fourth-order valence-electron chi connectivity index (χ4n) is 2.28. The van der Waals surface area contributed by atoms with Gasteiger partial charge in [-0.05, 0) is 31.4 Å². The van der Waals surface area contributed by atoms with Gasteiger partial charge in [-0.3, -0.25) is 4.79 Å². The second-order valence-corrected chi connectivity index (χ2v) is 5.49. The number of likely N-dealkylation sites (tertiary alicyclic amines) is 1. The monoisotopic (exact) mass is 311 g/mol. The molecule has 0 saturated carbocycles. The smallest absolute Gasteiger partial charge is 0.227 e. The van der Waals surface area contributed by atoms with Crippen LogP contribution in [0.5, 0.6) is 5.75 Å². The second kappa shape index (κ2) is 6.23. The van der Waals surface area contributed by atoms with Crippen molar-refractivity contribution in [1.82, 2.24) is 4.90 Å². The molecule has 0 unspecified atom stereocenters. The van der Waals surface area contributed by atoms with Crippen molar-refractivity contribution in [2.75, 3.05) is 20.2 Å². The molecule has 0 aromatic heterocycles. The Hall–Kier alpha value is -1.03. The van der Waals surface area contributed by atoms with Crippen molar-refractivity contribution in [2.45, 2.75) is 25.7 Å². The molecule has 1 heterocycles. The molecule has 2 rings (SSSR count). The summed E-state index contributed by atoms with van der Waals surface area (Å²) in [5.41, 5.74) is 0.955. The Morgan fingerprint density at radius 1 is 1.33 bits per heavy atom. The summed E-state index contributed by atoms with van der Waals surface area (Å²) in [6.07, 6.45) is 3.92. The molecule has 1 aliphatic rings. The normalized spacial score (nSPS) is 15.6. The van der Waals surface area contributed by atoms with Gasteiger partial charge in [-0.1, -0.05) is 22.0 Å². The van der Waals surface area contributed by atoms with Crippen LogP contribution in [0.4, 0.5) is 0 Å². The number of methoxy groups -OCH3 is 1. The lowest BCUT2D eigenvalue weighted by atomic mass is 10.1. The molecule has 1 aromatic carbocycles. The highest BCUT2D eigenvalue weighted by atomic mass is 79.9. The van der Waals surface area contributed by atoms with Crippen LogP contribution in [-0.4, -0.2) is 31.0 Å². The fourth-order valence-corrected chi connectivity index (χ4v) is 2.62. The lowest BCUT2D eigenvalue weighted by molar-refractivity contribution is -0.131. The average molecular weight is 312 g/mol. The number of halogens is 1. The molecule has 1 aromatic rings. The largest absolute Gasteiger partial charge is 0.496 e. The summed E-state index contributed by atoms with van der Waals surface area (Å²) < 4.78 is 6.28. The van der Waals surface area contributed by atoms with Crippen molar-refractivity contribution < 1.29 is 9.53 Å². The molecule has 0 spiro atoms. The first-order valence-corrected chi connectivity index (χ1v) is 7.10. The van der Waals surface area contributed by atoms with E-state index in [0.29, 0.717) is 6.42 Å². The van der Waals surface area contributed by atoms with Crippen LogP contribution in [-0.2, 0) is 11.2 Å². The van der Waals surface area contributed by atoms with Crippen LogP contribution in [0.25, 0.3) is 0 Å². The van der Waals surface area contributed by atoms with E-state index in [0.717, 1.165) is 41.7 Å². The van der Waals surface area contributed by atoms with E-state index in [1.807, 2.05) is 23.1 Å². The Kier molecular flexibility index (Phi) is 4.64. The molecule has 1 saturated heterocycles. The molecule has 1 fully saturated rings. The number of ether oxygens (including phenoxy) is 1. The Morgan fingerprint density at radius 2 is 2.06 bits per heavy atom. The van der Waals surface area contributed by atoms with Crippen molar-refractivity contribution in [3.05, 3.63) is 28.2 Å². The predicted octanol–water partition coefficient (Wildman–Crippen LogP) is 3.01. The summed E-state index contributed by atoms with van der Waals surface area (Å²) in [6, 6.07) is 5.80. The van der Waals surface area contributed by atoms with Crippen molar-refractivity contribution in [3.8, 4) is 5.75 Å². The van der Waals surface area contributed by atoms with Gasteiger partial charge in [0.15, 0.2) is 0 Å². The van der Waals surface area contributed by atoms with Gasteiger partial charge in [0.1, 0.15) is 5.75 Å². The van der Waals surface area contributed by atoms with E-state index in [9.17, 15) is 4.79 Å². The number of benzene rings is 1. The van der Waals surface area contributed by atoms with Crippen molar-refractivity contribution in [2.24, 2.45) is 0 Å². The zero-order valence-corrected chi connectivity index (χ0v) is 12.2. The first-order valence-electron chi connectivity index (χ1n) is 6.31. The van der Waals surface area contributed by atoms with Gasteiger partial charge >= 0.3 is 0 Å². The van der Waals surface area contributed by atoms with Gasteiger partial charge in [-0.15, -0.1) is 0 Å². The topological polar surface area (TPSA) is 29.5 Å². The highest BCUT2D eigenvalue weighted by Crippen LogP contribution is 2.24. The molecular weight excluding hydrogens is 294 g/mol. The van der Waals surface area contributed by atoms with Gasteiger partial charge in [0.05, 0.1) is 13.5 Å². The van der Waals surface area contributed by atoms with Crippen LogP contribution in [0.1, 0.15) is 24.8 Å². The first-order chi connectivity index (χ1) is 8.70. The van der Waals surface area contributed by atoms with E-state index in [1.54, 1.807) is 7.11 Å². The molecule has 1 aliphatic heterocycles. The third kappa shape index (κ3) is 3.25. The minimum atomic E-state index is 0.204. The van der Waals surface area contributed by atoms with Crippen molar-refractivity contribution >= 4 is 21.8 Å². The van der Waals surface area contributed by atoms with Crippen LogP contribution < -0.4 is 4.74 Å². The molecule has 0 aliphatic carbocycles.